The van der Waals surface area contributed by atoms with E-state index in [4.69, 9.17) is 4.74 Å². The van der Waals surface area contributed by atoms with Crippen molar-refractivity contribution in [2.75, 3.05) is 7.11 Å². The predicted octanol–water partition coefficient (Wildman–Crippen LogP) is 2.37. The molecule has 1 fully saturated rings. The Hall–Kier alpha value is -3.68. The van der Waals surface area contributed by atoms with Gasteiger partial charge in [0.05, 0.1) is 19.3 Å². The van der Waals surface area contributed by atoms with Gasteiger partial charge in [-0.1, -0.05) is 25.1 Å². The number of hydrogen-bond donors (Lipinski definition) is 1. The second kappa shape index (κ2) is 7.29. The number of carbonyl (C=O) groups is 2. The number of rotatable bonds is 5. The number of methoxy groups -OCH3 is 1. The summed E-state index contributed by atoms with van der Waals surface area (Å²) in [6.45, 7) is 3.61. The molecule has 4 rings (SSSR count). The minimum Gasteiger partial charge on any atom is -0.497 e. The zero-order chi connectivity index (χ0) is 21.5. The molecule has 0 aliphatic carbocycles. The largest absolute Gasteiger partial charge is 0.497 e. The van der Waals surface area contributed by atoms with E-state index in [9.17, 15) is 14.4 Å². The molecule has 1 atom stereocenters. The molecule has 1 N–H and O–H groups in total. The zero-order valence-corrected chi connectivity index (χ0v) is 17.0. The van der Waals surface area contributed by atoms with E-state index in [1.54, 1.807) is 43.6 Å². The number of fused-ring (bicyclic) bond motifs is 1. The van der Waals surface area contributed by atoms with Crippen LogP contribution in [0.25, 0.3) is 5.65 Å². The summed E-state index contributed by atoms with van der Waals surface area (Å²) < 4.78 is 6.62. The van der Waals surface area contributed by atoms with E-state index in [1.165, 1.54) is 10.5 Å². The summed E-state index contributed by atoms with van der Waals surface area (Å²) in [5.74, 6) is 0.293. The Morgan fingerprint density at radius 1 is 1.13 bits per heavy atom. The van der Waals surface area contributed by atoms with Crippen LogP contribution >= 0.6 is 0 Å². The number of aromatic nitrogens is 2. The third-order valence-electron chi connectivity index (χ3n) is 5.55. The van der Waals surface area contributed by atoms with Crippen LogP contribution in [0.15, 0.2) is 53.5 Å². The van der Waals surface area contributed by atoms with Crippen molar-refractivity contribution in [3.8, 4) is 5.75 Å². The minimum atomic E-state index is -1.16. The second-order valence-electron chi connectivity index (χ2n) is 7.28. The van der Waals surface area contributed by atoms with Crippen LogP contribution in [0, 0.1) is 6.92 Å². The highest BCUT2D eigenvalue weighted by atomic mass is 16.5. The van der Waals surface area contributed by atoms with Crippen molar-refractivity contribution in [3.05, 3.63) is 75.8 Å². The number of nitrogens with one attached hydrogen (secondary N) is 1. The Labute approximate surface area is 173 Å². The topological polar surface area (TPSA) is 93.0 Å². The van der Waals surface area contributed by atoms with E-state index in [-0.39, 0.29) is 18.0 Å². The van der Waals surface area contributed by atoms with E-state index in [0.717, 1.165) is 10.5 Å². The summed E-state index contributed by atoms with van der Waals surface area (Å²) in [5.41, 5.74) is 0.945. The first-order chi connectivity index (χ1) is 14.4. The van der Waals surface area contributed by atoms with E-state index in [0.29, 0.717) is 29.1 Å². The van der Waals surface area contributed by atoms with Gasteiger partial charge in [-0.05, 0) is 42.7 Å². The number of carbonyl (C=O) groups excluding carboxylic acids is 2. The van der Waals surface area contributed by atoms with Crippen LogP contribution in [0.3, 0.4) is 0 Å². The third kappa shape index (κ3) is 3.01. The molecule has 0 radical (unpaired) electrons. The Bertz CT molecular complexity index is 1200. The van der Waals surface area contributed by atoms with Gasteiger partial charge in [0.15, 0.2) is 0 Å². The predicted molar refractivity (Wildman–Crippen MR) is 110 cm³/mol. The Kier molecular flexibility index (Phi) is 4.77. The Balaban J connectivity index is 1.70. The number of amides is 3. The van der Waals surface area contributed by atoms with Crippen molar-refractivity contribution in [3.63, 3.8) is 0 Å². The molecule has 1 aliphatic rings. The van der Waals surface area contributed by atoms with E-state index in [1.807, 2.05) is 19.9 Å². The maximum Gasteiger partial charge on any atom is 0.325 e. The molecule has 0 bridgehead atoms. The average Bonchev–Trinajstić information content (AvgIpc) is 3.00. The molecule has 8 nitrogen and oxygen atoms in total. The molecule has 2 aromatic heterocycles. The number of urea groups is 1. The summed E-state index contributed by atoms with van der Waals surface area (Å²) in [4.78, 5) is 44.2. The molecular formula is C22H22N4O4. The maximum absolute atomic E-state index is 13.3. The molecule has 8 heteroatoms. The molecule has 3 aromatic rings. The number of imide groups is 1. The van der Waals surface area contributed by atoms with Gasteiger partial charge >= 0.3 is 6.03 Å². The highest BCUT2D eigenvalue weighted by Crippen LogP contribution is 2.34. The molecule has 30 heavy (non-hydrogen) atoms. The smallest absolute Gasteiger partial charge is 0.325 e. The highest BCUT2D eigenvalue weighted by Gasteiger charge is 2.51. The number of ether oxygens (including phenoxy) is 1. The monoisotopic (exact) mass is 406 g/mol. The molecule has 0 saturated carbocycles. The van der Waals surface area contributed by atoms with Gasteiger partial charge in [-0.25, -0.2) is 9.78 Å². The Morgan fingerprint density at radius 3 is 2.53 bits per heavy atom. The van der Waals surface area contributed by atoms with Gasteiger partial charge in [0, 0.05) is 12.3 Å². The lowest BCUT2D eigenvalue weighted by Crippen LogP contribution is -2.43. The molecule has 1 saturated heterocycles. The van der Waals surface area contributed by atoms with Crippen molar-refractivity contribution >= 4 is 17.6 Å². The van der Waals surface area contributed by atoms with E-state index >= 15 is 0 Å². The standard InChI is InChI=1S/C22H22N4O4/c1-4-22(15-7-9-17(30-3)10-8-15)20(28)26(21(29)24-22)13-16-12-18(27)25-11-5-6-14(2)19(25)23-16/h5-12H,4,13H2,1-3H3,(H,24,29)/t22-/m1/s1. The lowest BCUT2D eigenvalue weighted by Gasteiger charge is -2.26. The van der Waals surface area contributed by atoms with Crippen LogP contribution in [-0.2, 0) is 16.9 Å². The number of aryl methyl sites for hydroxylation is 1. The number of pyridine rings is 1. The fraction of sp³-hybridized carbons (Fsp3) is 0.273. The number of benzene rings is 1. The molecule has 154 valence electrons. The van der Waals surface area contributed by atoms with Gasteiger partial charge in [-0.2, -0.15) is 0 Å². The summed E-state index contributed by atoms with van der Waals surface area (Å²) in [5, 5.41) is 2.84. The molecule has 1 aromatic carbocycles. The first-order valence-corrected chi connectivity index (χ1v) is 9.66. The van der Waals surface area contributed by atoms with Crippen LogP contribution in [0.4, 0.5) is 4.79 Å². The summed E-state index contributed by atoms with van der Waals surface area (Å²) in [7, 11) is 1.57. The number of nitrogens with zero attached hydrogens (tertiary/aromatic N) is 3. The SMILES string of the molecule is CC[C@]1(c2ccc(OC)cc2)NC(=O)N(Cc2cc(=O)n3cccc(C)c3n2)C1=O. The third-order valence-corrected chi connectivity index (χ3v) is 5.55. The van der Waals surface area contributed by atoms with Crippen molar-refractivity contribution < 1.29 is 14.3 Å². The molecular weight excluding hydrogens is 384 g/mol. The first kappa shape index (κ1) is 19.6. The van der Waals surface area contributed by atoms with Crippen molar-refractivity contribution in [2.45, 2.75) is 32.4 Å². The fourth-order valence-electron chi connectivity index (χ4n) is 3.84. The van der Waals surface area contributed by atoms with Crippen LogP contribution in [0.5, 0.6) is 5.75 Å². The molecule has 3 heterocycles. The first-order valence-electron chi connectivity index (χ1n) is 9.66. The van der Waals surface area contributed by atoms with Crippen LogP contribution in [0.2, 0.25) is 0 Å². The van der Waals surface area contributed by atoms with Crippen LogP contribution in [0.1, 0.15) is 30.2 Å². The Morgan fingerprint density at radius 2 is 1.87 bits per heavy atom. The maximum atomic E-state index is 13.3. The molecule has 0 spiro atoms. The van der Waals surface area contributed by atoms with Crippen molar-refractivity contribution in [1.29, 1.82) is 0 Å². The van der Waals surface area contributed by atoms with Gasteiger partial charge in [-0.3, -0.25) is 18.9 Å². The van der Waals surface area contributed by atoms with E-state index < -0.39 is 11.6 Å². The second-order valence-corrected chi connectivity index (χ2v) is 7.28. The van der Waals surface area contributed by atoms with Gasteiger partial charge in [0.2, 0.25) is 0 Å². The lowest BCUT2D eigenvalue weighted by molar-refractivity contribution is -0.132. The normalized spacial score (nSPS) is 18.7. The van der Waals surface area contributed by atoms with Gasteiger partial charge < -0.3 is 10.1 Å². The van der Waals surface area contributed by atoms with Gasteiger partial charge in [0.1, 0.15) is 16.9 Å². The van der Waals surface area contributed by atoms with Crippen molar-refractivity contribution in [2.24, 2.45) is 0 Å². The number of hydrogen-bond acceptors (Lipinski definition) is 5. The molecule has 0 unspecified atom stereocenters. The molecule has 1 aliphatic heterocycles. The highest BCUT2D eigenvalue weighted by molar-refractivity contribution is 6.07. The average molecular weight is 406 g/mol. The van der Waals surface area contributed by atoms with E-state index in [2.05, 4.69) is 10.3 Å². The summed E-state index contributed by atoms with van der Waals surface area (Å²) in [6.07, 6.45) is 2.02. The van der Waals surface area contributed by atoms with Crippen LogP contribution < -0.4 is 15.6 Å². The van der Waals surface area contributed by atoms with Gasteiger partial charge in [-0.15, -0.1) is 0 Å². The quantitative estimate of drug-likeness (QED) is 0.657. The summed E-state index contributed by atoms with van der Waals surface area (Å²) in [6, 6.07) is 11.5. The van der Waals surface area contributed by atoms with Crippen molar-refractivity contribution in [1.82, 2.24) is 19.6 Å². The minimum absolute atomic E-state index is 0.0807. The fourth-order valence-corrected chi connectivity index (χ4v) is 3.84. The van der Waals surface area contributed by atoms with Gasteiger partial charge in [0.25, 0.3) is 11.5 Å². The summed E-state index contributed by atoms with van der Waals surface area (Å²) >= 11 is 0. The van der Waals surface area contributed by atoms with Crippen LogP contribution in [-0.4, -0.2) is 33.3 Å². The molecule has 3 amide bonds. The zero-order valence-electron chi connectivity index (χ0n) is 17.0. The lowest BCUT2D eigenvalue weighted by atomic mass is 9.87.